The molecule has 0 aliphatic rings. The molecule has 11 aromatic carbocycles. The van der Waals surface area contributed by atoms with Crippen LogP contribution in [0.2, 0.25) is 0 Å². The van der Waals surface area contributed by atoms with Crippen molar-refractivity contribution in [2.24, 2.45) is 0 Å². The van der Waals surface area contributed by atoms with E-state index in [1.807, 2.05) is 12.1 Å². The maximum absolute atomic E-state index is 6.58. The molecule has 0 unspecified atom stereocenters. The van der Waals surface area contributed by atoms with Crippen LogP contribution in [0, 0.1) is 0 Å². The van der Waals surface area contributed by atoms with Gasteiger partial charge in [0.2, 0.25) is 0 Å². The van der Waals surface area contributed by atoms with Crippen LogP contribution in [0.1, 0.15) is 0 Å². The Balaban J connectivity index is 0.967. The maximum Gasteiger partial charge on any atom is 0.136 e. The molecule has 2 aromatic heterocycles. The van der Waals surface area contributed by atoms with Gasteiger partial charge >= 0.3 is 0 Å². The summed E-state index contributed by atoms with van der Waals surface area (Å²) in [6.45, 7) is 0. The number of hydrogen-bond acceptors (Lipinski definition) is 3. The SMILES string of the molecule is c1ccc(N(c2ccc(-c3ccc4c(c3)oc3ccccc34)cc2)c2ccc(-c3cccc4c3ccc3ccccc34)cc2)c(-c2cccc3oc4cc5ccccc5cc4c23)c1. The molecule has 0 radical (unpaired) electrons. The zero-order chi connectivity index (χ0) is 41.4. The standard InChI is InChI=1S/C60H37NO2/c1-2-13-42-36-59-54(35-41(42)12-1)60-53(19-10-22-57(60)63-59)50-15-5-7-20-55(50)61(44-29-23-38(24-30-44)43-28-34-52-51-16-6-8-21-56(51)62-58(52)37-43)45-31-25-40(26-32-45)47-17-9-18-48-46-14-4-3-11-39(46)27-33-49(47)48/h1-37H. The Bertz CT molecular complexity index is 3910. The molecule has 0 spiro atoms. The Morgan fingerprint density at radius 3 is 1.67 bits per heavy atom. The highest BCUT2D eigenvalue weighted by molar-refractivity contribution is 6.17. The lowest BCUT2D eigenvalue weighted by Crippen LogP contribution is -2.11. The van der Waals surface area contributed by atoms with Gasteiger partial charge in [-0.05, 0) is 127 Å². The summed E-state index contributed by atoms with van der Waals surface area (Å²) in [5.74, 6) is 0. The Kier molecular flexibility index (Phi) is 7.91. The van der Waals surface area contributed by atoms with E-state index in [2.05, 4.69) is 217 Å². The van der Waals surface area contributed by atoms with Crippen molar-refractivity contribution in [3.05, 3.63) is 224 Å². The third-order valence-corrected chi connectivity index (χ3v) is 12.9. The minimum atomic E-state index is 0.872. The van der Waals surface area contributed by atoms with Crippen molar-refractivity contribution >= 4 is 93.3 Å². The molecular weight excluding hydrogens is 767 g/mol. The Hall–Kier alpha value is -8.40. The molecule has 0 saturated heterocycles. The summed E-state index contributed by atoms with van der Waals surface area (Å²) in [6, 6.07) is 80.6. The summed E-state index contributed by atoms with van der Waals surface area (Å²) in [4.78, 5) is 2.39. The van der Waals surface area contributed by atoms with Gasteiger partial charge in [-0.2, -0.15) is 0 Å². The van der Waals surface area contributed by atoms with Crippen molar-refractivity contribution in [3.8, 4) is 33.4 Å². The number of para-hydroxylation sites is 2. The lowest BCUT2D eigenvalue weighted by atomic mass is 9.94. The quantitative estimate of drug-likeness (QED) is 0.157. The fraction of sp³-hybridized carbons (Fsp3) is 0. The van der Waals surface area contributed by atoms with Gasteiger partial charge < -0.3 is 13.7 Å². The van der Waals surface area contributed by atoms with Gasteiger partial charge in [0, 0.05) is 38.5 Å². The van der Waals surface area contributed by atoms with E-state index in [1.165, 1.54) is 43.4 Å². The smallest absolute Gasteiger partial charge is 0.136 e. The maximum atomic E-state index is 6.58. The van der Waals surface area contributed by atoms with Gasteiger partial charge in [-0.3, -0.25) is 0 Å². The van der Waals surface area contributed by atoms with Crippen LogP contribution in [-0.2, 0) is 0 Å². The number of nitrogens with zero attached hydrogens (tertiary/aromatic N) is 1. The third-order valence-electron chi connectivity index (χ3n) is 12.9. The van der Waals surface area contributed by atoms with E-state index in [-0.39, 0.29) is 0 Å². The molecular formula is C60H37NO2. The molecule has 13 rings (SSSR count). The van der Waals surface area contributed by atoms with E-state index >= 15 is 0 Å². The Morgan fingerprint density at radius 1 is 0.270 bits per heavy atom. The predicted molar refractivity (Wildman–Crippen MR) is 265 cm³/mol. The summed E-state index contributed by atoms with van der Waals surface area (Å²) in [6.07, 6.45) is 0. The van der Waals surface area contributed by atoms with Crippen LogP contribution >= 0.6 is 0 Å². The molecule has 2 heterocycles. The van der Waals surface area contributed by atoms with E-state index in [4.69, 9.17) is 8.83 Å². The molecule has 0 aliphatic heterocycles. The number of hydrogen-bond donors (Lipinski definition) is 0. The van der Waals surface area contributed by atoms with Crippen molar-refractivity contribution in [3.63, 3.8) is 0 Å². The van der Waals surface area contributed by atoms with E-state index in [0.717, 1.165) is 83.2 Å². The van der Waals surface area contributed by atoms with Gasteiger partial charge in [0.1, 0.15) is 22.3 Å². The lowest BCUT2D eigenvalue weighted by Gasteiger charge is -2.28. The second-order valence-electron chi connectivity index (χ2n) is 16.4. The second kappa shape index (κ2) is 14.1. The Morgan fingerprint density at radius 2 is 0.825 bits per heavy atom. The molecule has 0 bridgehead atoms. The Labute approximate surface area is 363 Å². The normalized spacial score (nSPS) is 11.8. The van der Waals surface area contributed by atoms with Crippen LogP contribution in [0.4, 0.5) is 17.1 Å². The van der Waals surface area contributed by atoms with Gasteiger partial charge in [-0.25, -0.2) is 0 Å². The average Bonchev–Trinajstić information content (AvgIpc) is 3.91. The number of rotatable bonds is 6. The summed E-state index contributed by atoms with van der Waals surface area (Å²) in [7, 11) is 0. The molecule has 0 amide bonds. The predicted octanol–water partition coefficient (Wildman–Crippen LogP) is 17.4. The lowest BCUT2D eigenvalue weighted by molar-refractivity contribution is 0.669. The number of anilines is 3. The van der Waals surface area contributed by atoms with Crippen LogP contribution in [0.5, 0.6) is 0 Å². The summed E-state index contributed by atoms with van der Waals surface area (Å²) < 4.78 is 12.9. The molecule has 0 saturated carbocycles. The molecule has 3 nitrogen and oxygen atoms in total. The zero-order valence-electron chi connectivity index (χ0n) is 34.1. The first-order valence-electron chi connectivity index (χ1n) is 21.5. The first-order valence-corrected chi connectivity index (χ1v) is 21.5. The summed E-state index contributed by atoms with van der Waals surface area (Å²) in [5, 5.41) is 11.9. The van der Waals surface area contributed by atoms with Crippen LogP contribution in [-0.4, -0.2) is 0 Å². The van der Waals surface area contributed by atoms with E-state index in [9.17, 15) is 0 Å². The molecule has 13 aromatic rings. The molecule has 0 aliphatic carbocycles. The molecule has 294 valence electrons. The minimum Gasteiger partial charge on any atom is -0.456 e. The van der Waals surface area contributed by atoms with Crippen molar-refractivity contribution in [1.29, 1.82) is 0 Å². The summed E-state index contributed by atoms with van der Waals surface area (Å²) in [5.41, 5.74) is 13.6. The highest BCUT2D eigenvalue weighted by Gasteiger charge is 2.21. The molecule has 0 fully saturated rings. The van der Waals surface area contributed by atoms with Crippen LogP contribution in [0.15, 0.2) is 233 Å². The van der Waals surface area contributed by atoms with Gasteiger partial charge in [-0.1, -0.05) is 158 Å². The van der Waals surface area contributed by atoms with Crippen molar-refractivity contribution in [2.45, 2.75) is 0 Å². The van der Waals surface area contributed by atoms with Crippen molar-refractivity contribution in [1.82, 2.24) is 0 Å². The molecule has 0 N–H and O–H groups in total. The van der Waals surface area contributed by atoms with Crippen LogP contribution in [0.3, 0.4) is 0 Å². The average molecular weight is 804 g/mol. The fourth-order valence-corrected chi connectivity index (χ4v) is 9.85. The van der Waals surface area contributed by atoms with Crippen molar-refractivity contribution < 1.29 is 8.83 Å². The molecule has 63 heavy (non-hydrogen) atoms. The van der Waals surface area contributed by atoms with E-state index < -0.39 is 0 Å². The van der Waals surface area contributed by atoms with Gasteiger partial charge in [0.15, 0.2) is 0 Å². The van der Waals surface area contributed by atoms with Crippen molar-refractivity contribution in [2.75, 3.05) is 4.90 Å². The monoisotopic (exact) mass is 803 g/mol. The first kappa shape index (κ1) is 35.4. The zero-order valence-corrected chi connectivity index (χ0v) is 34.1. The summed E-state index contributed by atoms with van der Waals surface area (Å²) >= 11 is 0. The van der Waals surface area contributed by atoms with Crippen LogP contribution in [0.25, 0.3) is 110 Å². The third kappa shape index (κ3) is 5.75. The molecule has 3 heteroatoms. The number of furan rings is 2. The second-order valence-corrected chi connectivity index (χ2v) is 16.4. The minimum absolute atomic E-state index is 0.872. The number of fused-ring (bicyclic) bond motifs is 10. The highest BCUT2D eigenvalue weighted by Crippen LogP contribution is 2.46. The highest BCUT2D eigenvalue weighted by atomic mass is 16.3. The van der Waals surface area contributed by atoms with E-state index in [1.54, 1.807) is 0 Å². The largest absolute Gasteiger partial charge is 0.456 e. The first-order chi connectivity index (χ1) is 31.2. The molecule has 0 atom stereocenters. The fourth-order valence-electron chi connectivity index (χ4n) is 9.85. The topological polar surface area (TPSA) is 29.5 Å². The van der Waals surface area contributed by atoms with Gasteiger partial charge in [-0.15, -0.1) is 0 Å². The van der Waals surface area contributed by atoms with Gasteiger partial charge in [0.25, 0.3) is 0 Å². The van der Waals surface area contributed by atoms with Crippen LogP contribution < -0.4 is 4.90 Å². The number of benzene rings is 11. The van der Waals surface area contributed by atoms with E-state index in [0.29, 0.717) is 0 Å². The van der Waals surface area contributed by atoms with Gasteiger partial charge in [0.05, 0.1) is 5.69 Å².